The molecular weight excluding hydrogens is 278 g/mol. The standard InChI is InChI=1S/C18H33NO3/c1-14-5-7-18(21,8-6-14)13-19-10-3-4-16(19)15-12-22-11-9-17(15,2)20/h14-16,20-21H,3-13H2,1-2H3/t14?,15-,16-,17-,18?/m1/s1. The Balaban J connectivity index is 1.65. The second kappa shape index (κ2) is 6.39. The van der Waals surface area contributed by atoms with Crippen molar-refractivity contribution in [3.05, 3.63) is 0 Å². The van der Waals surface area contributed by atoms with Crippen LogP contribution in [0.15, 0.2) is 0 Å². The Morgan fingerprint density at radius 2 is 1.86 bits per heavy atom. The quantitative estimate of drug-likeness (QED) is 0.839. The molecule has 0 aromatic rings. The molecule has 3 atom stereocenters. The first kappa shape index (κ1) is 16.7. The Hall–Kier alpha value is -0.160. The summed E-state index contributed by atoms with van der Waals surface area (Å²) >= 11 is 0. The molecule has 0 radical (unpaired) electrons. The summed E-state index contributed by atoms with van der Waals surface area (Å²) in [6.07, 6.45) is 7.15. The van der Waals surface area contributed by atoms with Crippen LogP contribution in [0, 0.1) is 11.8 Å². The first-order valence-corrected chi connectivity index (χ1v) is 9.16. The van der Waals surface area contributed by atoms with Crippen molar-refractivity contribution in [3.63, 3.8) is 0 Å². The number of ether oxygens (including phenoxy) is 1. The van der Waals surface area contributed by atoms with Gasteiger partial charge in [-0.05, 0) is 64.3 Å². The lowest BCUT2D eigenvalue weighted by Crippen LogP contribution is -2.55. The van der Waals surface area contributed by atoms with Crippen LogP contribution in [-0.4, -0.2) is 58.7 Å². The van der Waals surface area contributed by atoms with E-state index in [2.05, 4.69) is 11.8 Å². The molecule has 128 valence electrons. The largest absolute Gasteiger partial charge is 0.390 e. The van der Waals surface area contributed by atoms with Crippen LogP contribution >= 0.6 is 0 Å². The molecule has 0 spiro atoms. The predicted octanol–water partition coefficient (Wildman–Crippen LogP) is 2.18. The Labute approximate surface area is 134 Å². The van der Waals surface area contributed by atoms with Crippen LogP contribution in [0.4, 0.5) is 0 Å². The van der Waals surface area contributed by atoms with Gasteiger partial charge in [0.15, 0.2) is 0 Å². The number of hydrogen-bond acceptors (Lipinski definition) is 4. The lowest BCUT2D eigenvalue weighted by Gasteiger charge is -2.45. The van der Waals surface area contributed by atoms with E-state index in [1.54, 1.807) is 0 Å². The van der Waals surface area contributed by atoms with Crippen molar-refractivity contribution in [3.8, 4) is 0 Å². The van der Waals surface area contributed by atoms with Gasteiger partial charge in [0.05, 0.1) is 17.8 Å². The summed E-state index contributed by atoms with van der Waals surface area (Å²) in [6, 6.07) is 0.360. The predicted molar refractivity (Wildman–Crippen MR) is 86.7 cm³/mol. The topological polar surface area (TPSA) is 52.9 Å². The molecule has 0 unspecified atom stereocenters. The molecule has 2 heterocycles. The summed E-state index contributed by atoms with van der Waals surface area (Å²) in [6.45, 7) is 7.40. The average molecular weight is 311 g/mol. The fraction of sp³-hybridized carbons (Fsp3) is 1.00. The third-order valence-electron chi connectivity index (χ3n) is 6.43. The molecule has 4 nitrogen and oxygen atoms in total. The highest BCUT2D eigenvalue weighted by Gasteiger charge is 2.46. The summed E-state index contributed by atoms with van der Waals surface area (Å²) in [5, 5.41) is 21.7. The van der Waals surface area contributed by atoms with Crippen LogP contribution in [0.5, 0.6) is 0 Å². The van der Waals surface area contributed by atoms with Crippen LogP contribution in [0.1, 0.15) is 58.8 Å². The molecular formula is C18H33NO3. The fourth-order valence-corrected chi connectivity index (χ4v) is 4.72. The maximum absolute atomic E-state index is 11.0. The van der Waals surface area contributed by atoms with Crippen LogP contribution in [0.3, 0.4) is 0 Å². The minimum Gasteiger partial charge on any atom is -0.390 e. The van der Waals surface area contributed by atoms with Crippen molar-refractivity contribution in [1.82, 2.24) is 4.90 Å². The monoisotopic (exact) mass is 311 g/mol. The van der Waals surface area contributed by atoms with Crippen LogP contribution in [0.25, 0.3) is 0 Å². The van der Waals surface area contributed by atoms with Gasteiger partial charge in [-0.25, -0.2) is 0 Å². The minimum atomic E-state index is -0.630. The molecule has 0 aromatic carbocycles. The van der Waals surface area contributed by atoms with E-state index >= 15 is 0 Å². The molecule has 1 aliphatic carbocycles. The molecule has 0 aromatic heterocycles. The second-order valence-electron chi connectivity index (χ2n) is 8.38. The zero-order valence-electron chi connectivity index (χ0n) is 14.3. The Morgan fingerprint density at radius 3 is 2.55 bits per heavy atom. The second-order valence-corrected chi connectivity index (χ2v) is 8.38. The van der Waals surface area contributed by atoms with Crippen LogP contribution < -0.4 is 0 Å². The van der Waals surface area contributed by atoms with E-state index in [1.807, 2.05) is 6.92 Å². The highest BCUT2D eigenvalue weighted by Crippen LogP contribution is 2.39. The van der Waals surface area contributed by atoms with Gasteiger partial charge in [0, 0.05) is 25.1 Å². The van der Waals surface area contributed by atoms with E-state index in [0.29, 0.717) is 19.3 Å². The van der Waals surface area contributed by atoms with Gasteiger partial charge in [0.1, 0.15) is 0 Å². The van der Waals surface area contributed by atoms with E-state index < -0.39 is 11.2 Å². The molecule has 1 saturated carbocycles. The number of β-amino-alcohol motifs (C(OH)–C–C–N with tert-alkyl or cyclic N) is 1. The average Bonchev–Trinajstić information content (AvgIpc) is 2.89. The molecule has 3 rings (SSSR count). The Morgan fingerprint density at radius 1 is 1.14 bits per heavy atom. The Kier molecular flexibility index (Phi) is 4.84. The molecule has 4 heteroatoms. The molecule has 0 bridgehead atoms. The maximum atomic E-state index is 11.0. The highest BCUT2D eigenvalue weighted by molar-refractivity contribution is 4.98. The van der Waals surface area contributed by atoms with Gasteiger partial charge in [-0.2, -0.15) is 0 Å². The first-order valence-electron chi connectivity index (χ1n) is 9.16. The molecule has 2 aliphatic heterocycles. The molecule has 2 N–H and O–H groups in total. The summed E-state index contributed by atoms with van der Waals surface area (Å²) in [7, 11) is 0. The van der Waals surface area contributed by atoms with Gasteiger partial charge in [-0.15, -0.1) is 0 Å². The van der Waals surface area contributed by atoms with E-state index in [-0.39, 0.29) is 5.92 Å². The van der Waals surface area contributed by atoms with Crippen molar-refractivity contribution < 1.29 is 14.9 Å². The molecule has 3 aliphatic rings. The zero-order valence-corrected chi connectivity index (χ0v) is 14.3. The summed E-state index contributed by atoms with van der Waals surface area (Å²) in [5.74, 6) is 0.928. The number of likely N-dealkylation sites (tertiary alicyclic amines) is 1. The van der Waals surface area contributed by atoms with Crippen molar-refractivity contribution in [2.45, 2.75) is 76.0 Å². The molecule has 0 amide bonds. The SMILES string of the molecule is CC1CCC(O)(CN2CCC[C@@H]2[C@H]2COCC[C@@]2(C)O)CC1. The maximum Gasteiger partial charge on any atom is 0.0774 e. The highest BCUT2D eigenvalue weighted by atomic mass is 16.5. The lowest BCUT2D eigenvalue weighted by molar-refractivity contribution is -0.130. The number of rotatable bonds is 3. The normalized spacial score (nSPS) is 47.7. The van der Waals surface area contributed by atoms with Crippen molar-refractivity contribution in [2.75, 3.05) is 26.3 Å². The first-order chi connectivity index (χ1) is 10.4. The van der Waals surface area contributed by atoms with Gasteiger partial charge in [-0.3, -0.25) is 4.90 Å². The van der Waals surface area contributed by atoms with Crippen molar-refractivity contribution in [1.29, 1.82) is 0 Å². The van der Waals surface area contributed by atoms with Crippen LogP contribution in [-0.2, 0) is 4.74 Å². The summed E-state index contributed by atoms with van der Waals surface area (Å²) < 4.78 is 5.66. The number of nitrogens with zero attached hydrogens (tertiary/aromatic N) is 1. The summed E-state index contributed by atoms with van der Waals surface area (Å²) in [5.41, 5.74) is -1.15. The van der Waals surface area contributed by atoms with E-state index in [0.717, 1.165) is 57.5 Å². The van der Waals surface area contributed by atoms with Gasteiger partial charge in [0.25, 0.3) is 0 Å². The van der Waals surface area contributed by atoms with Gasteiger partial charge in [-0.1, -0.05) is 6.92 Å². The van der Waals surface area contributed by atoms with Crippen molar-refractivity contribution >= 4 is 0 Å². The Bertz CT molecular complexity index is 377. The minimum absolute atomic E-state index is 0.176. The van der Waals surface area contributed by atoms with Crippen LogP contribution in [0.2, 0.25) is 0 Å². The van der Waals surface area contributed by atoms with E-state index in [4.69, 9.17) is 4.74 Å². The van der Waals surface area contributed by atoms with Gasteiger partial charge >= 0.3 is 0 Å². The zero-order chi connectivity index (χ0) is 15.8. The number of hydrogen-bond donors (Lipinski definition) is 2. The van der Waals surface area contributed by atoms with Crippen molar-refractivity contribution in [2.24, 2.45) is 11.8 Å². The van der Waals surface area contributed by atoms with Gasteiger partial charge in [0.2, 0.25) is 0 Å². The molecule has 22 heavy (non-hydrogen) atoms. The third kappa shape index (κ3) is 3.50. The van der Waals surface area contributed by atoms with Gasteiger partial charge < -0.3 is 14.9 Å². The fourth-order valence-electron chi connectivity index (χ4n) is 4.72. The summed E-state index contributed by atoms with van der Waals surface area (Å²) in [4.78, 5) is 2.45. The molecule has 3 fully saturated rings. The third-order valence-corrected chi connectivity index (χ3v) is 6.43. The van der Waals surface area contributed by atoms with E-state index in [9.17, 15) is 10.2 Å². The smallest absolute Gasteiger partial charge is 0.0774 e. The van der Waals surface area contributed by atoms with E-state index in [1.165, 1.54) is 6.42 Å². The lowest BCUT2D eigenvalue weighted by atomic mass is 9.77. The number of aliphatic hydroxyl groups is 2. The molecule has 2 saturated heterocycles.